The lowest BCUT2D eigenvalue weighted by Gasteiger charge is -2.10. The van der Waals surface area contributed by atoms with Gasteiger partial charge < -0.3 is 10.5 Å². The second-order valence-corrected chi connectivity index (χ2v) is 4.81. The van der Waals surface area contributed by atoms with Gasteiger partial charge in [-0.05, 0) is 42.3 Å². The zero-order chi connectivity index (χ0) is 13.8. The standard InChI is InChI=1S/C15H15ClFNO/c1-10(18)12-3-2-4-13(8-12)19-9-11-5-6-14(16)15(17)7-11/h2-8,10H,9,18H2,1H3/t10-/m1/s1. The maximum absolute atomic E-state index is 13.3. The van der Waals surface area contributed by atoms with Crippen molar-refractivity contribution < 1.29 is 9.13 Å². The molecule has 0 radical (unpaired) electrons. The monoisotopic (exact) mass is 279 g/mol. The Morgan fingerprint density at radius 3 is 2.74 bits per heavy atom. The lowest BCUT2D eigenvalue weighted by Crippen LogP contribution is -2.05. The highest BCUT2D eigenvalue weighted by molar-refractivity contribution is 6.30. The van der Waals surface area contributed by atoms with Gasteiger partial charge in [-0.15, -0.1) is 0 Å². The zero-order valence-corrected chi connectivity index (χ0v) is 11.3. The summed E-state index contributed by atoms with van der Waals surface area (Å²) in [5, 5.41) is 0.114. The molecule has 0 spiro atoms. The molecule has 0 heterocycles. The maximum Gasteiger partial charge on any atom is 0.142 e. The van der Waals surface area contributed by atoms with Crippen LogP contribution < -0.4 is 10.5 Å². The van der Waals surface area contributed by atoms with Crippen LogP contribution >= 0.6 is 11.6 Å². The number of ether oxygens (including phenoxy) is 1. The third-order valence-corrected chi connectivity index (χ3v) is 3.08. The molecule has 0 aromatic heterocycles. The molecule has 2 aromatic carbocycles. The van der Waals surface area contributed by atoms with Crippen molar-refractivity contribution in [3.05, 3.63) is 64.4 Å². The number of hydrogen-bond donors (Lipinski definition) is 1. The summed E-state index contributed by atoms with van der Waals surface area (Å²) in [6.45, 7) is 2.20. The fraction of sp³-hybridized carbons (Fsp3) is 0.200. The highest BCUT2D eigenvalue weighted by atomic mass is 35.5. The molecule has 2 aromatic rings. The topological polar surface area (TPSA) is 35.2 Å². The second-order valence-electron chi connectivity index (χ2n) is 4.40. The quantitative estimate of drug-likeness (QED) is 0.915. The molecule has 0 aliphatic heterocycles. The maximum atomic E-state index is 13.3. The summed E-state index contributed by atoms with van der Waals surface area (Å²) in [6, 6.07) is 12.1. The molecule has 0 saturated heterocycles. The minimum atomic E-state index is -0.438. The highest BCUT2D eigenvalue weighted by Gasteiger charge is 2.04. The van der Waals surface area contributed by atoms with Crippen molar-refractivity contribution in [2.45, 2.75) is 19.6 Å². The van der Waals surface area contributed by atoms with Crippen LogP contribution in [0.15, 0.2) is 42.5 Å². The van der Waals surface area contributed by atoms with Gasteiger partial charge in [-0.3, -0.25) is 0 Å². The van der Waals surface area contributed by atoms with Crippen LogP contribution in [0, 0.1) is 5.82 Å². The summed E-state index contributed by atoms with van der Waals surface area (Å²) >= 11 is 5.62. The average Bonchev–Trinajstić information content (AvgIpc) is 2.40. The summed E-state index contributed by atoms with van der Waals surface area (Å²) in [4.78, 5) is 0. The largest absolute Gasteiger partial charge is 0.489 e. The summed E-state index contributed by atoms with van der Waals surface area (Å²) in [5.74, 6) is 0.275. The zero-order valence-electron chi connectivity index (χ0n) is 10.6. The molecule has 0 aliphatic rings. The van der Waals surface area contributed by atoms with Crippen molar-refractivity contribution in [3.63, 3.8) is 0 Å². The van der Waals surface area contributed by atoms with Crippen molar-refractivity contribution in [2.24, 2.45) is 5.73 Å². The molecule has 19 heavy (non-hydrogen) atoms. The van der Waals surface area contributed by atoms with E-state index in [0.29, 0.717) is 5.75 Å². The van der Waals surface area contributed by atoms with E-state index in [0.717, 1.165) is 11.1 Å². The van der Waals surface area contributed by atoms with Crippen molar-refractivity contribution in [3.8, 4) is 5.75 Å². The Morgan fingerprint density at radius 2 is 2.05 bits per heavy atom. The van der Waals surface area contributed by atoms with Gasteiger partial charge in [-0.1, -0.05) is 29.8 Å². The lowest BCUT2D eigenvalue weighted by molar-refractivity contribution is 0.305. The fourth-order valence-corrected chi connectivity index (χ4v) is 1.80. The highest BCUT2D eigenvalue weighted by Crippen LogP contribution is 2.20. The van der Waals surface area contributed by atoms with Gasteiger partial charge in [-0.2, -0.15) is 0 Å². The number of rotatable bonds is 4. The van der Waals surface area contributed by atoms with E-state index in [9.17, 15) is 4.39 Å². The third kappa shape index (κ3) is 3.69. The minimum Gasteiger partial charge on any atom is -0.489 e. The number of nitrogens with two attached hydrogens (primary N) is 1. The molecule has 100 valence electrons. The molecule has 0 aliphatic carbocycles. The fourth-order valence-electron chi connectivity index (χ4n) is 1.68. The molecule has 1 atom stereocenters. The van der Waals surface area contributed by atoms with E-state index < -0.39 is 5.82 Å². The Kier molecular flexibility index (Phi) is 4.40. The summed E-state index contributed by atoms with van der Waals surface area (Å²) < 4.78 is 18.9. The minimum absolute atomic E-state index is 0.0449. The van der Waals surface area contributed by atoms with E-state index in [1.54, 1.807) is 6.07 Å². The average molecular weight is 280 g/mol. The first-order chi connectivity index (χ1) is 9.06. The van der Waals surface area contributed by atoms with Gasteiger partial charge in [0, 0.05) is 6.04 Å². The van der Waals surface area contributed by atoms with Gasteiger partial charge in [0.15, 0.2) is 0 Å². The number of halogens is 2. The van der Waals surface area contributed by atoms with Gasteiger partial charge in [0.25, 0.3) is 0 Å². The Bertz CT molecular complexity index is 572. The summed E-state index contributed by atoms with van der Waals surface area (Å²) in [7, 11) is 0. The van der Waals surface area contributed by atoms with Gasteiger partial charge >= 0.3 is 0 Å². The van der Waals surface area contributed by atoms with Crippen LogP contribution in [0.25, 0.3) is 0 Å². The van der Waals surface area contributed by atoms with Crippen LogP contribution in [0.2, 0.25) is 5.02 Å². The van der Waals surface area contributed by atoms with Crippen molar-refractivity contribution >= 4 is 11.6 Å². The Morgan fingerprint density at radius 1 is 1.26 bits per heavy atom. The molecule has 2 N–H and O–H groups in total. The number of benzene rings is 2. The smallest absolute Gasteiger partial charge is 0.142 e. The van der Waals surface area contributed by atoms with Crippen LogP contribution in [-0.2, 0) is 6.61 Å². The molecule has 0 amide bonds. The van der Waals surface area contributed by atoms with Crippen molar-refractivity contribution in [1.29, 1.82) is 0 Å². The van der Waals surface area contributed by atoms with E-state index in [-0.39, 0.29) is 17.7 Å². The van der Waals surface area contributed by atoms with Crippen molar-refractivity contribution in [2.75, 3.05) is 0 Å². The van der Waals surface area contributed by atoms with Gasteiger partial charge in [0.1, 0.15) is 18.2 Å². The SMILES string of the molecule is C[C@@H](N)c1cccc(OCc2ccc(Cl)c(F)c2)c1. The van der Waals surface area contributed by atoms with E-state index >= 15 is 0 Å². The molecule has 2 rings (SSSR count). The summed E-state index contributed by atoms with van der Waals surface area (Å²) in [6.07, 6.45) is 0. The predicted molar refractivity (Wildman–Crippen MR) is 74.8 cm³/mol. The molecular formula is C15H15ClFNO. The molecule has 0 bridgehead atoms. The molecule has 2 nitrogen and oxygen atoms in total. The van der Waals surface area contributed by atoms with Gasteiger partial charge in [0.2, 0.25) is 0 Å². The van der Waals surface area contributed by atoms with E-state index in [1.165, 1.54) is 12.1 Å². The first-order valence-corrected chi connectivity index (χ1v) is 6.36. The van der Waals surface area contributed by atoms with Gasteiger partial charge in [-0.25, -0.2) is 4.39 Å². The lowest BCUT2D eigenvalue weighted by atomic mass is 10.1. The summed E-state index contributed by atoms with van der Waals surface area (Å²) in [5.41, 5.74) is 7.54. The van der Waals surface area contributed by atoms with Crippen LogP contribution in [0.1, 0.15) is 24.1 Å². The van der Waals surface area contributed by atoms with E-state index in [2.05, 4.69) is 0 Å². The molecule has 4 heteroatoms. The Hall–Kier alpha value is -1.58. The van der Waals surface area contributed by atoms with Gasteiger partial charge in [0.05, 0.1) is 5.02 Å². The molecule has 0 fully saturated rings. The first kappa shape index (κ1) is 13.8. The normalized spacial score (nSPS) is 12.2. The molecular weight excluding hydrogens is 265 g/mol. The van der Waals surface area contributed by atoms with Crippen LogP contribution in [0.4, 0.5) is 4.39 Å². The Balaban J connectivity index is 2.05. The predicted octanol–water partition coefficient (Wildman–Crippen LogP) is 4.08. The molecule has 0 saturated carbocycles. The number of hydrogen-bond acceptors (Lipinski definition) is 2. The van der Waals surface area contributed by atoms with E-state index in [1.807, 2.05) is 31.2 Å². The first-order valence-electron chi connectivity index (χ1n) is 5.98. The van der Waals surface area contributed by atoms with E-state index in [4.69, 9.17) is 22.1 Å². The van der Waals surface area contributed by atoms with Crippen LogP contribution in [0.5, 0.6) is 5.75 Å². The van der Waals surface area contributed by atoms with Crippen molar-refractivity contribution in [1.82, 2.24) is 0 Å². The van der Waals surface area contributed by atoms with Crippen LogP contribution in [0.3, 0.4) is 0 Å². The molecule has 0 unspecified atom stereocenters. The third-order valence-electron chi connectivity index (χ3n) is 2.77. The Labute approximate surface area is 117 Å². The van der Waals surface area contributed by atoms with Crippen LogP contribution in [-0.4, -0.2) is 0 Å². The second kappa shape index (κ2) is 6.04.